The molecule has 2 N–H and O–H groups in total. The summed E-state index contributed by atoms with van der Waals surface area (Å²) in [5.74, 6) is 0.528. The maximum Gasteiger partial charge on any atom is 0.252 e. The van der Waals surface area contributed by atoms with Crippen LogP contribution in [0.15, 0.2) is 42.7 Å². The Morgan fingerprint density at radius 2 is 2.04 bits per heavy atom. The predicted octanol–water partition coefficient (Wildman–Crippen LogP) is 4.17. The van der Waals surface area contributed by atoms with Crippen molar-refractivity contribution in [3.05, 3.63) is 58.9 Å². The van der Waals surface area contributed by atoms with Crippen molar-refractivity contribution in [2.24, 2.45) is 5.92 Å². The summed E-state index contributed by atoms with van der Waals surface area (Å²) in [5.41, 5.74) is 2.54. The maximum absolute atomic E-state index is 12.2. The Morgan fingerprint density at radius 1 is 1.21 bits per heavy atom. The highest BCUT2D eigenvalue weighted by atomic mass is 35.5. The maximum atomic E-state index is 12.2. The van der Waals surface area contributed by atoms with Gasteiger partial charge in [0.25, 0.3) is 5.91 Å². The van der Waals surface area contributed by atoms with Gasteiger partial charge in [-0.1, -0.05) is 37.6 Å². The van der Waals surface area contributed by atoms with E-state index in [4.69, 9.17) is 11.6 Å². The van der Waals surface area contributed by atoms with E-state index >= 15 is 0 Å². The fourth-order valence-corrected chi connectivity index (χ4v) is 2.49. The topological polar surface area (TPSA) is 54.0 Å². The smallest absolute Gasteiger partial charge is 0.252 e. The van der Waals surface area contributed by atoms with E-state index in [-0.39, 0.29) is 5.91 Å². The van der Waals surface area contributed by atoms with Crippen molar-refractivity contribution in [3.63, 3.8) is 0 Å². The first-order valence-electron chi connectivity index (χ1n) is 8.26. The van der Waals surface area contributed by atoms with Crippen LogP contribution in [0, 0.1) is 5.92 Å². The monoisotopic (exact) mass is 345 g/mol. The van der Waals surface area contributed by atoms with Crippen molar-refractivity contribution in [2.45, 2.75) is 26.7 Å². The first-order valence-corrected chi connectivity index (χ1v) is 8.64. The lowest BCUT2D eigenvalue weighted by atomic mass is 10.1. The van der Waals surface area contributed by atoms with E-state index in [0.29, 0.717) is 23.0 Å². The van der Waals surface area contributed by atoms with Gasteiger partial charge in [-0.2, -0.15) is 0 Å². The summed E-state index contributed by atoms with van der Waals surface area (Å²) in [6, 6.07) is 9.50. The minimum absolute atomic E-state index is 0.114. The average Bonchev–Trinajstić information content (AvgIpc) is 2.55. The zero-order chi connectivity index (χ0) is 17.4. The number of hydrogen-bond acceptors (Lipinski definition) is 3. The number of halogens is 1. The fraction of sp³-hybridized carbons (Fsp3) is 0.368. The van der Waals surface area contributed by atoms with Crippen molar-refractivity contribution in [1.82, 2.24) is 10.3 Å². The van der Waals surface area contributed by atoms with Crippen molar-refractivity contribution in [2.75, 3.05) is 18.4 Å². The summed E-state index contributed by atoms with van der Waals surface area (Å²) in [4.78, 5) is 16.4. The quantitative estimate of drug-likeness (QED) is 0.755. The summed E-state index contributed by atoms with van der Waals surface area (Å²) >= 11 is 5.96. The highest BCUT2D eigenvalue weighted by Crippen LogP contribution is 2.11. The number of carbonyl (C=O) groups is 1. The van der Waals surface area contributed by atoms with Crippen molar-refractivity contribution in [1.29, 1.82) is 0 Å². The number of pyridine rings is 1. The van der Waals surface area contributed by atoms with Crippen LogP contribution in [0.2, 0.25) is 5.02 Å². The van der Waals surface area contributed by atoms with Crippen molar-refractivity contribution >= 4 is 23.2 Å². The third-order valence-electron chi connectivity index (χ3n) is 3.64. The molecular formula is C19H24ClN3O. The van der Waals surface area contributed by atoms with E-state index in [1.807, 2.05) is 30.3 Å². The van der Waals surface area contributed by atoms with E-state index in [1.165, 1.54) is 0 Å². The standard InChI is InChI=1S/C19H24ClN3O/c1-14(2)6-8-22-18-11-16(12-21-13-18)19(24)23-9-7-15-4-3-5-17(20)10-15/h3-5,10-14,22H,6-9H2,1-2H3,(H,23,24). The fourth-order valence-electron chi connectivity index (χ4n) is 2.28. The second-order valence-electron chi connectivity index (χ2n) is 6.21. The number of nitrogens with zero attached hydrogens (tertiary/aromatic N) is 1. The van der Waals surface area contributed by atoms with Crippen LogP contribution in [0.4, 0.5) is 5.69 Å². The van der Waals surface area contributed by atoms with Crippen molar-refractivity contribution < 1.29 is 4.79 Å². The minimum Gasteiger partial charge on any atom is -0.384 e. The van der Waals surface area contributed by atoms with E-state index in [1.54, 1.807) is 12.4 Å². The van der Waals surface area contributed by atoms with Gasteiger partial charge in [-0.3, -0.25) is 9.78 Å². The molecule has 0 unspecified atom stereocenters. The molecule has 0 aliphatic carbocycles. The van der Waals surface area contributed by atoms with Crippen LogP contribution in [0.1, 0.15) is 36.2 Å². The molecule has 0 aliphatic heterocycles. The first-order chi connectivity index (χ1) is 11.5. The predicted molar refractivity (Wildman–Crippen MR) is 99.7 cm³/mol. The zero-order valence-electron chi connectivity index (χ0n) is 14.2. The van der Waals surface area contributed by atoms with Gasteiger partial charge in [0.15, 0.2) is 0 Å². The van der Waals surface area contributed by atoms with Gasteiger partial charge in [-0.15, -0.1) is 0 Å². The van der Waals surface area contributed by atoms with E-state index in [0.717, 1.165) is 30.6 Å². The van der Waals surface area contributed by atoms with Gasteiger partial charge < -0.3 is 10.6 Å². The molecule has 0 atom stereocenters. The largest absolute Gasteiger partial charge is 0.384 e. The first kappa shape index (κ1) is 18.3. The molecule has 24 heavy (non-hydrogen) atoms. The number of hydrogen-bond donors (Lipinski definition) is 2. The van der Waals surface area contributed by atoms with Crippen LogP contribution in [0.3, 0.4) is 0 Å². The molecule has 0 saturated carbocycles. The lowest BCUT2D eigenvalue weighted by molar-refractivity contribution is 0.0954. The van der Waals surface area contributed by atoms with Gasteiger partial charge in [0, 0.05) is 30.5 Å². The van der Waals surface area contributed by atoms with Crippen LogP contribution in [-0.4, -0.2) is 24.0 Å². The summed E-state index contributed by atoms with van der Waals surface area (Å²) in [6.07, 6.45) is 5.15. The number of carbonyl (C=O) groups excluding carboxylic acids is 1. The molecule has 0 aliphatic rings. The Hall–Kier alpha value is -2.07. The van der Waals surface area contributed by atoms with Gasteiger partial charge >= 0.3 is 0 Å². The summed E-state index contributed by atoms with van der Waals surface area (Å²) < 4.78 is 0. The second kappa shape index (κ2) is 9.28. The minimum atomic E-state index is -0.114. The molecule has 5 heteroatoms. The molecule has 128 valence electrons. The molecule has 2 aromatic rings. The number of rotatable bonds is 8. The lowest BCUT2D eigenvalue weighted by Gasteiger charge is -2.10. The molecule has 1 heterocycles. The highest BCUT2D eigenvalue weighted by Gasteiger charge is 2.07. The Balaban J connectivity index is 1.83. The Kier molecular flexibility index (Phi) is 7.07. The number of amides is 1. The average molecular weight is 346 g/mol. The van der Waals surface area contributed by atoms with Gasteiger partial charge in [0.2, 0.25) is 0 Å². The molecule has 0 fully saturated rings. The van der Waals surface area contributed by atoms with E-state index in [2.05, 4.69) is 29.5 Å². The molecule has 2 rings (SSSR count). The third kappa shape index (κ3) is 6.20. The molecule has 0 bridgehead atoms. The van der Waals surface area contributed by atoms with Crippen molar-refractivity contribution in [3.8, 4) is 0 Å². The SMILES string of the molecule is CC(C)CCNc1cncc(C(=O)NCCc2cccc(Cl)c2)c1. The van der Waals surface area contributed by atoms with E-state index in [9.17, 15) is 4.79 Å². The normalized spacial score (nSPS) is 10.7. The Morgan fingerprint density at radius 3 is 2.79 bits per heavy atom. The van der Waals surface area contributed by atoms with Crippen LogP contribution in [0.25, 0.3) is 0 Å². The number of anilines is 1. The van der Waals surface area contributed by atoms with Crippen LogP contribution in [0.5, 0.6) is 0 Å². The molecule has 0 radical (unpaired) electrons. The van der Waals surface area contributed by atoms with Gasteiger partial charge in [-0.25, -0.2) is 0 Å². The Bertz CT molecular complexity index is 673. The Labute approximate surface area is 148 Å². The molecule has 1 aromatic heterocycles. The third-order valence-corrected chi connectivity index (χ3v) is 3.87. The van der Waals surface area contributed by atoms with Gasteiger partial charge in [0.1, 0.15) is 0 Å². The van der Waals surface area contributed by atoms with Gasteiger partial charge in [-0.05, 0) is 42.5 Å². The van der Waals surface area contributed by atoms with Gasteiger partial charge in [0.05, 0.1) is 11.3 Å². The number of nitrogens with one attached hydrogen (secondary N) is 2. The highest BCUT2D eigenvalue weighted by molar-refractivity contribution is 6.30. The molecule has 4 nitrogen and oxygen atoms in total. The van der Waals surface area contributed by atoms with Crippen LogP contribution in [-0.2, 0) is 6.42 Å². The molecule has 0 spiro atoms. The van der Waals surface area contributed by atoms with Crippen LogP contribution >= 0.6 is 11.6 Å². The summed E-state index contributed by atoms with van der Waals surface area (Å²) in [6.45, 7) is 5.80. The number of aromatic nitrogens is 1. The zero-order valence-corrected chi connectivity index (χ0v) is 14.9. The number of benzene rings is 1. The summed E-state index contributed by atoms with van der Waals surface area (Å²) in [5, 5.41) is 6.93. The molecule has 0 saturated heterocycles. The van der Waals surface area contributed by atoms with E-state index < -0.39 is 0 Å². The second-order valence-corrected chi connectivity index (χ2v) is 6.64. The molecule has 1 amide bonds. The summed E-state index contributed by atoms with van der Waals surface area (Å²) in [7, 11) is 0. The molecular weight excluding hydrogens is 322 g/mol. The van der Waals surface area contributed by atoms with Crippen LogP contribution < -0.4 is 10.6 Å². The molecule has 1 aromatic carbocycles. The lowest BCUT2D eigenvalue weighted by Crippen LogP contribution is -2.25.